The van der Waals surface area contributed by atoms with Crippen molar-refractivity contribution in [2.24, 2.45) is 0 Å². The van der Waals surface area contributed by atoms with E-state index in [1.165, 1.54) is 13.2 Å². The fourth-order valence-corrected chi connectivity index (χ4v) is 2.74. The van der Waals surface area contributed by atoms with Gasteiger partial charge in [0.2, 0.25) is 3.79 Å². The molecule has 2 aromatic rings. The normalized spacial score (nSPS) is 12.2. The van der Waals surface area contributed by atoms with Crippen LogP contribution in [0.2, 0.25) is 0 Å². The predicted octanol–water partition coefficient (Wildman–Crippen LogP) is 4.46. The van der Waals surface area contributed by atoms with E-state index in [-0.39, 0.29) is 10.9 Å². The predicted molar refractivity (Wildman–Crippen MR) is 110 cm³/mol. The Morgan fingerprint density at radius 1 is 1.23 bits per heavy atom. The largest absolute Gasteiger partial charge is 0.495 e. The Hall–Kier alpha value is -1.19. The van der Waals surface area contributed by atoms with Gasteiger partial charge in [0.25, 0.3) is 5.91 Å². The Morgan fingerprint density at radius 2 is 1.92 bits per heavy atom. The molecule has 1 aromatic carbocycles. The van der Waals surface area contributed by atoms with Crippen molar-refractivity contribution in [1.29, 1.82) is 0 Å². The van der Waals surface area contributed by atoms with Crippen molar-refractivity contribution in [3.8, 4) is 5.75 Å². The van der Waals surface area contributed by atoms with E-state index in [1.54, 1.807) is 24.3 Å². The second kappa shape index (κ2) is 9.14. The maximum absolute atomic E-state index is 12.2. The number of carbonyl (C=O) groups is 1. The lowest BCUT2D eigenvalue weighted by molar-refractivity contribution is 0.0905. The molecule has 2 rings (SSSR count). The lowest BCUT2D eigenvalue weighted by atomic mass is 10.3. The van der Waals surface area contributed by atoms with Gasteiger partial charge in [0.1, 0.15) is 11.9 Å². The maximum atomic E-state index is 12.2. The monoisotopic (exact) mass is 499 g/mol. The number of ether oxygens (including phenoxy) is 1. The molecular weight excluding hydrogens is 489 g/mol. The molecule has 140 valence electrons. The third-order valence-electron chi connectivity index (χ3n) is 3.03. The average molecular weight is 502 g/mol. The van der Waals surface area contributed by atoms with Crippen molar-refractivity contribution in [3.05, 3.63) is 46.8 Å². The van der Waals surface area contributed by atoms with Gasteiger partial charge in [-0.2, -0.15) is 0 Å². The SMILES string of the molecule is COc1ccccc1NC(=S)N[C@H](NC(=O)c1ccc(Br)o1)C(Cl)(Cl)Cl. The highest BCUT2D eigenvalue weighted by molar-refractivity contribution is 9.10. The molecule has 1 amide bonds. The number of benzene rings is 1. The van der Waals surface area contributed by atoms with E-state index in [4.69, 9.17) is 56.2 Å². The third kappa shape index (κ3) is 5.92. The van der Waals surface area contributed by atoms with Crippen LogP contribution < -0.4 is 20.7 Å². The summed E-state index contributed by atoms with van der Waals surface area (Å²) in [6.07, 6.45) is -1.13. The zero-order valence-corrected chi connectivity index (χ0v) is 17.9. The van der Waals surface area contributed by atoms with E-state index in [1.807, 2.05) is 6.07 Å². The lowest BCUT2D eigenvalue weighted by Gasteiger charge is -2.27. The van der Waals surface area contributed by atoms with Crippen LogP contribution in [0, 0.1) is 0 Å². The maximum Gasteiger partial charge on any atom is 0.288 e. The molecule has 26 heavy (non-hydrogen) atoms. The molecule has 1 atom stereocenters. The van der Waals surface area contributed by atoms with E-state index < -0.39 is 15.9 Å². The molecule has 0 fully saturated rings. The Labute approximate surface area is 178 Å². The van der Waals surface area contributed by atoms with Gasteiger partial charge < -0.3 is 25.1 Å². The number of nitrogens with one attached hydrogen (secondary N) is 3. The highest BCUT2D eigenvalue weighted by Gasteiger charge is 2.35. The second-order valence-corrected chi connectivity index (χ2v) is 8.41. The van der Waals surface area contributed by atoms with Crippen LogP contribution in [0.15, 0.2) is 45.5 Å². The Bertz CT molecular complexity index is 798. The summed E-state index contributed by atoms with van der Waals surface area (Å²) < 4.78 is 8.92. The summed E-state index contributed by atoms with van der Waals surface area (Å²) in [6.45, 7) is 0. The Kier molecular flexibility index (Phi) is 7.42. The van der Waals surface area contributed by atoms with Crippen molar-refractivity contribution in [3.63, 3.8) is 0 Å². The number of para-hydroxylation sites is 2. The summed E-state index contributed by atoms with van der Waals surface area (Å²) in [5.74, 6) is 0.0349. The van der Waals surface area contributed by atoms with Crippen molar-refractivity contribution < 1.29 is 13.9 Å². The number of rotatable bonds is 5. The summed E-state index contributed by atoms with van der Waals surface area (Å²) in [6, 6.07) is 10.2. The minimum absolute atomic E-state index is 0.0431. The van der Waals surface area contributed by atoms with Crippen molar-refractivity contribution in [2.75, 3.05) is 12.4 Å². The number of hydrogen-bond acceptors (Lipinski definition) is 4. The number of carbonyl (C=O) groups excluding carboxylic acids is 1. The van der Waals surface area contributed by atoms with Gasteiger partial charge in [-0.15, -0.1) is 0 Å². The number of alkyl halides is 3. The summed E-state index contributed by atoms with van der Waals surface area (Å²) in [5.41, 5.74) is 0.608. The van der Waals surface area contributed by atoms with Gasteiger partial charge in [-0.3, -0.25) is 4.79 Å². The van der Waals surface area contributed by atoms with Crippen LogP contribution in [-0.4, -0.2) is 28.1 Å². The fourth-order valence-electron chi connectivity index (χ4n) is 1.88. The molecule has 0 radical (unpaired) electrons. The van der Waals surface area contributed by atoms with Crippen LogP contribution in [0.1, 0.15) is 10.6 Å². The molecule has 0 bridgehead atoms. The summed E-state index contributed by atoms with van der Waals surface area (Å²) >= 11 is 26.2. The van der Waals surface area contributed by atoms with Crippen molar-refractivity contribution in [2.45, 2.75) is 9.96 Å². The zero-order chi connectivity index (χ0) is 19.3. The number of methoxy groups -OCH3 is 1. The molecule has 3 N–H and O–H groups in total. The van der Waals surface area contributed by atoms with Gasteiger partial charge in [0, 0.05) is 0 Å². The first-order chi connectivity index (χ1) is 12.2. The molecule has 11 heteroatoms. The fraction of sp³-hybridized carbons (Fsp3) is 0.200. The number of thiocarbonyl (C=S) groups is 1. The van der Waals surface area contributed by atoms with E-state index in [2.05, 4.69) is 31.9 Å². The Morgan fingerprint density at radius 3 is 2.50 bits per heavy atom. The quantitative estimate of drug-likeness (QED) is 0.319. The molecule has 0 unspecified atom stereocenters. The highest BCUT2D eigenvalue weighted by Crippen LogP contribution is 2.30. The molecule has 0 aliphatic heterocycles. The first kappa shape index (κ1) is 21.1. The van der Waals surface area contributed by atoms with Crippen LogP contribution in [0.3, 0.4) is 0 Å². The molecule has 0 aliphatic carbocycles. The van der Waals surface area contributed by atoms with Gasteiger partial charge in [-0.05, 0) is 52.4 Å². The van der Waals surface area contributed by atoms with Gasteiger partial charge in [-0.1, -0.05) is 46.9 Å². The topological polar surface area (TPSA) is 75.5 Å². The number of halogens is 4. The Balaban J connectivity index is 2.07. The number of anilines is 1. The van der Waals surface area contributed by atoms with Crippen LogP contribution in [0.25, 0.3) is 0 Å². The molecule has 0 aliphatic rings. The van der Waals surface area contributed by atoms with Crippen molar-refractivity contribution in [1.82, 2.24) is 10.6 Å². The molecule has 1 aromatic heterocycles. The van der Waals surface area contributed by atoms with E-state index in [0.717, 1.165) is 0 Å². The van der Waals surface area contributed by atoms with Crippen LogP contribution in [0.4, 0.5) is 5.69 Å². The number of furan rings is 1. The number of hydrogen-bond donors (Lipinski definition) is 3. The lowest BCUT2D eigenvalue weighted by Crippen LogP contribution is -2.56. The van der Waals surface area contributed by atoms with Crippen LogP contribution >= 0.6 is 63.0 Å². The molecule has 1 heterocycles. The zero-order valence-electron chi connectivity index (χ0n) is 13.2. The first-order valence-electron chi connectivity index (χ1n) is 7.04. The van der Waals surface area contributed by atoms with Gasteiger partial charge in [-0.25, -0.2) is 0 Å². The smallest absolute Gasteiger partial charge is 0.288 e. The van der Waals surface area contributed by atoms with Gasteiger partial charge in [0.05, 0.1) is 12.8 Å². The van der Waals surface area contributed by atoms with E-state index in [0.29, 0.717) is 16.1 Å². The summed E-state index contributed by atoms with van der Waals surface area (Å²) in [7, 11) is 1.53. The molecule has 0 saturated carbocycles. The second-order valence-electron chi connectivity index (χ2n) is 4.85. The average Bonchev–Trinajstić information content (AvgIpc) is 3.00. The molecule has 0 spiro atoms. The molecule has 0 saturated heterocycles. The minimum atomic E-state index is -1.88. The highest BCUT2D eigenvalue weighted by atomic mass is 79.9. The molecule has 6 nitrogen and oxygen atoms in total. The van der Waals surface area contributed by atoms with Gasteiger partial charge >= 0.3 is 0 Å². The summed E-state index contributed by atoms with van der Waals surface area (Å²) in [4.78, 5) is 12.2. The molecular formula is C15H13BrCl3N3O3S. The minimum Gasteiger partial charge on any atom is -0.495 e. The van der Waals surface area contributed by atoms with Crippen LogP contribution in [-0.2, 0) is 0 Å². The summed E-state index contributed by atoms with van der Waals surface area (Å²) in [5, 5.41) is 8.30. The first-order valence-corrected chi connectivity index (χ1v) is 9.37. The van der Waals surface area contributed by atoms with Crippen LogP contribution in [0.5, 0.6) is 5.75 Å². The standard InChI is InChI=1S/C15H13BrCl3N3O3S/c1-24-9-5-3-2-4-8(9)20-14(26)22-13(15(17,18)19)21-12(23)10-6-7-11(16)25-10/h2-7,13H,1H3,(H,21,23)(H2,20,22,26)/t13-/m0/s1. The van der Waals surface area contributed by atoms with E-state index >= 15 is 0 Å². The third-order valence-corrected chi connectivity index (χ3v) is 4.33. The van der Waals surface area contributed by atoms with E-state index in [9.17, 15) is 4.79 Å². The van der Waals surface area contributed by atoms with Gasteiger partial charge in [0.15, 0.2) is 15.5 Å². The van der Waals surface area contributed by atoms with Crippen molar-refractivity contribution >= 4 is 79.7 Å². The number of amides is 1.